The van der Waals surface area contributed by atoms with Gasteiger partial charge in [-0.2, -0.15) is 4.98 Å². The molecule has 1 aliphatic carbocycles. The number of benzene rings is 1. The quantitative estimate of drug-likeness (QED) is 0.633. The number of aromatic nitrogens is 2. The Morgan fingerprint density at radius 3 is 3.00 bits per heavy atom. The highest BCUT2D eigenvalue weighted by Gasteiger charge is 2.22. The molecule has 2 aromatic rings. The summed E-state index contributed by atoms with van der Waals surface area (Å²) >= 11 is 0. The molecular formula is C17H23N5O. The van der Waals surface area contributed by atoms with Crippen molar-refractivity contribution >= 4 is 5.96 Å². The SMILES string of the molecule is CCCc1noc(-c2cccc(CNC(=NC)NC3CC3)c2)n1. The molecule has 1 aliphatic rings. The number of aliphatic imine (C=N–C) groups is 1. The third-order valence-electron chi connectivity index (χ3n) is 3.72. The topological polar surface area (TPSA) is 75.3 Å². The number of nitrogens with zero attached hydrogens (tertiary/aromatic N) is 3. The van der Waals surface area contributed by atoms with E-state index in [4.69, 9.17) is 4.52 Å². The molecule has 1 heterocycles. The molecule has 6 nitrogen and oxygen atoms in total. The molecule has 1 aromatic carbocycles. The van der Waals surface area contributed by atoms with E-state index < -0.39 is 0 Å². The highest BCUT2D eigenvalue weighted by molar-refractivity contribution is 5.80. The molecule has 1 saturated carbocycles. The van der Waals surface area contributed by atoms with Crippen molar-refractivity contribution < 1.29 is 4.52 Å². The monoisotopic (exact) mass is 313 g/mol. The fraction of sp³-hybridized carbons (Fsp3) is 0.471. The first-order valence-electron chi connectivity index (χ1n) is 8.17. The zero-order chi connectivity index (χ0) is 16.1. The minimum absolute atomic E-state index is 0.579. The van der Waals surface area contributed by atoms with Gasteiger partial charge in [-0.15, -0.1) is 0 Å². The van der Waals surface area contributed by atoms with Crippen molar-refractivity contribution in [3.63, 3.8) is 0 Å². The average molecular weight is 313 g/mol. The molecule has 1 aromatic heterocycles. The first-order chi connectivity index (χ1) is 11.3. The van der Waals surface area contributed by atoms with Gasteiger partial charge >= 0.3 is 0 Å². The smallest absolute Gasteiger partial charge is 0.257 e. The third-order valence-corrected chi connectivity index (χ3v) is 3.72. The summed E-state index contributed by atoms with van der Waals surface area (Å²) in [6.07, 6.45) is 4.31. The van der Waals surface area contributed by atoms with Gasteiger partial charge in [0.1, 0.15) is 0 Å². The number of hydrogen-bond acceptors (Lipinski definition) is 4. The van der Waals surface area contributed by atoms with Crippen LogP contribution in [0.25, 0.3) is 11.5 Å². The third kappa shape index (κ3) is 4.31. The highest BCUT2D eigenvalue weighted by atomic mass is 16.5. The Hall–Kier alpha value is -2.37. The molecule has 0 radical (unpaired) electrons. The molecule has 6 heteroatoms. The number of hydrogen-bond donors (Lipinski definition) is 2. The van der Waals surface area contributed by atoms with Crippen LogP contribution in [0.3, 0.4) is 0 Å². The molecule has 2 N–H and O–H groups in total. The van der Waals surface area contributed by atoms with E-state index in [1.165, 1.54) is 12.8 Å². The molecule has 0 saturated heterocycles. The molecular weight excluding hydrogens is 290 g/mol. The average Bonchev–Trinajstić information content (AvgIpc) is 3.28. The van der Waals surface area contributed by atoms with Crippen molar-refractivity contribution in [1.82, 2.24) is 20.8 Å². The van der Waals surface area contributed by atoms with Crippen molar-refractivity contribution in [1.29, 1.82) is 0 Å². The van der Waals surface area contributed by atoms with Crippen LogP contribution in [-0.4, -0.2) is 29.2 Å². The van der Waals surface area contributed by atoms with Gasteiger partial charge in [0.15, 0.2) is 11.8 Å². The summed E-state index contributed by atoms with van der Waals surface area (Å²) in [6.45, 7) is 2.81. The first kappa shape index (κ1) is 15.5. The van der Waals surface area contributed by atoms with Gasteiger partial charge < -0.3 is 15.2 Å². The summed E-state index contributed by atoms with van der Waals surface area (Å²) < 4.78 is 5.35. The van der Waals surface area contributed by atoms with Crippen molar-refractivity contribution in [3.8, 4) is 11.5 Å². The van der Waals surface area contributed by atoms with Crippen molar-refractivity contribution in [2.45, 2.75) is 45.2 Å². The van der Waals surface area contributed by atoms with E-state index in [2.05, 4.69) is 44.8 Å². The summed E-state index contributed by atoms with van der Waals surface area (Å²) in [5.74, 6) is 2.19. The maximum atomic E-state index is 5.35. The van der Waals surface area contributed by atoms with Crippen molar-refractivity contribution in [2.75, 3.05) is 7.05 Å². The van der Waals surface area contributed by atoms with E-state index in [9.17, 15) is 0 Å². The van der Waals surface area contributed by atoms with Crippen LogP contribution in [0.5, 0.6) is 0 Å². The molecule has 0 bridgehead atoms. The van der Waals surface area contributed by atoms with E-state index >= 15 is 0 Å². The maximum absolute atomic E-state index is 5.35. The molecule has 0 aliphatic heterocycles. The fourth-order valence-corrected chi connectivity index (χ4v) is 2.31. The van der Waals surface area contributed by atoms with Crippen molar-refractivity contribution in [2.24, 2.45) is 4.99 Å². The fourth-order valence-electron chi connectivity index (χ4n) is 2.31. The van der Waals surface area contributed by atoms with E-state index in [-0.39, 0.29) is 0 Å². The van der Waals surface area contributed by atoms with E-state index in [0.29, 0.717) is 18.5 Å². The standard InChI is InChI=1S/C17H23N5O/c1-3-5-15-21-16(23-22-15)13-7-4-6-12(10-13)11-19-17(18-2)20-14-8-9-14/h4,6-7,10,14H,3,5,8-9,11H2,1-2H3,(H2,18,19,20). The number of nitrogens with one attached hydrogen (secondary N) is 2. The van der Waals surface area contributed by atoms with Gasteiger partial charge in [0.2, 0.25) is 0 Å². The Kier molecular flexibility index (Phi) is 4.90. The minimum atomic E-state index is 0.579. The van der Waals surface area contributed by atoms with Crippen LogP contribution in [0.4, 0.5) is 0 Å². The predicted octanol–water partition coefficient (Wildman–Crippen LogP) is 2.52. The lowest BCUT2D eigenvalue weighted by Gasteiger charge is -2.11. The lowest BCUT2D eigenvalue weighted by molar-refractivity contribution is 0.422. The molecule has 23 heavy (non-hydrogen) atoms. The summed E-state index contributed by atoms with van der Waals surface area (Å²) in [6, 6.07) is 8.73. The van der Waals surface area contributed by atoms with Gasteiger partial charge in [0.05, 0.1) is 0 Å². The van der Waals surface area contributed by atoms with E-state index in [1.54, 1.807) is 7.05 Å². The molecule has 0 spiro atoms. The van der Waals surface area contributed by atoms with Crippen LogP contribution in [0.15, 0.2) is 33.8 Å². The second-order valence-corrected chi connectivity index (χ2v) is 5.81. The lowest BCUT2D eigenvalue weighted by Crippen LogP contribution is -2.38. The largest absolute Gasteiger partial charge is 0.354 e. The van der Waals surface area contributed by atoms with Crippen LogP contribution < -0.4 is 10.6 Å². The molecule has 0 amide bonds. The minimum Gasteiger partial charge on any atom is -0.354 e. The molecule has 1 fully saturated rings. The predicted molar refractivity (Wildman–Crippen MR) is 90.1 cm³/mol. The van der Waals surface area contributed by atoms with Gasteiger partial charge in [-0.05, 0) is 37.0 Å². The van der Waals surface area contributed by atoms with Crippen molar-refractivity contribution in [3.05, 3.63) is 35.7 Å². The van der Waals surface area contributed by atoms with Crippen LogP contribution >= 0.6 is 0 Å². The summed E-state index contributed by atoms with van der Waals surface area (Å²) in [5.41, 5.74) is 2.10. The van der Waals surface area contributed by atoms with Crippen LogP contribution in [0.1, 0.15) is 37.6 Å². The van der Waals surface area contributed by atoms with Gasteiger partial charge in [0, 0.05) is 31.6 Å². The van der Waals surface area contributed by atoms with Crippen LogP contribution in [0, 0.1) is 0 Å². The van der Waals surface area contributed by atoms with Gasteiger partial charge in [-0.1, -0.05) is 24.2 Å². The summed E-state index contributed by atoms with van der Waals surface area (Å²) in [4.78, 5) is 8.68. The zero-order valence-electron chi connectivity index (χ0n) is 13.7. The summed E-state index contributed by atoms with van der Waals surface area (Å²) in [5, 5.41) is 10.7. The second-order valence-electron chi connectivity index (χ2n) is 5.81. The Bertz CT molecular complexity index is 675. The lowest BCUT2D eigenvalue weighted by atomic mass is 10.1. The Morgan fingerprint density at radius 2 is 2.26 bits per heavy atom. The number of guanidine groups is 1. The first-order valence-corrected chi connectivity index (χ1v) is 8.17. The number of aryl methyl sites for hydroxylation is 1. The Balaban J connectivity index is 1.64. The van der Waals surface area contributed by atoms with Crippen LogP contribution in [-0.2, 0) is 13.0 Å². The summed E-state index contributed by atoms with van der Waals surface area (Å²) in [7, 11) is 1.79. The zero-order valence-corrected chi connectivity index (χ0v) is 13.7. The highest BCUT2D eigenvalue weighted by Crippen LogP contribution is 2.20. The van der Waals surface area contributed by atoms with Gasteiger partial charge in [0.25, 0.3) is 5.89 Å². The Labute approximate surface area is 136 Å². The van der Waals surface area contributed by atoms with Gasteiger partial charge in [-0.25, -0.2) is 0 Å². The molecule has 122 valence electrons. The maximum Gasteiger partial charge on any atom is 0.257 e. The molecule has 3 rings (SSSR count). The second kappa shape index (κ2) is 7.26. The van der Waals surface area contributed by atoms with Crippen LogP contribution in [0.2, 0.25) is 0 Å². The molecule has 0 atom stereocenters. The van der Waals surface area contributed by atoms with E-state index in [1.807, 2.05) is 12.1 Å². The van der Waals surface area contributed by atoms with Gasteiger partial charge in [-0.3, -0.25) is 4.99 Å². The van der Waals surface area contributed by atoms with E-state index in [0.717, 1.165) is 35.8 Å². The Morgan fingerprint density at radius 1 is 1.39 bits per heavy atom. The normalized spacial score (nSPS) is 14.8. The molecule has 0 unspecified atom stereocenters. The number of rotatable bonds is 6.